The zero-order chi connectivity index (χ0) is 13.0. The van der Waals surface area contributed by atoms with Crippen LogP contribution in [0.3, 0.4) is 0 Å². The average molecular weight is 313 g/mol. The molecule has 0 radical (unpaired) electrons. The minimum absolute atomic E-state index is 0.273. The van der Waals surface area contributed by atoms with Gasteiger partial charge in [-0.1, -0.05) is 41.1 Å². The average Bonchev–Trinajstić information content (AvgIpc) is 2.42. The molecule has 0 aromatic heterocycles. The van der Waals surface area contributed by atoms with Gasteiger partial charge >= 0.3 is 0 Å². The second kappa shape index (κ2) is 6.66. The van der Waals surface area contributed by atoms with E-state index < -0.39 is 0 Å². The Kier molecular flexibility index (Phi) is 5.18. The quantitative estimate of drug-likeness (QED) is 0.928. The molecule has 2 unspecified atom stereocenters. The van der Waals surface area contributed by atoms with Crippen LogP contribution in [0.15, 0.2) is 28.7 Å². The lowest BCUT2D eigenvalue weighted by atomic mass is 10.0. The van der Waals surface area contributed by atoms with Crippen LogP contribution in [0.4, 0.5) is 0 Å². The minimum Gasteiger partial charge on any atom is -0.378 e. The van der Waals surface area contributed by atoms with Crippen LogP contribution in [-0.2, 0) is 4.74 Å². The Hall–Kier alpha value is -0.420. The monoisotopic (exact) mass is 312 g/mol. The molecule has 0 aliphatic carbocycles. The van der Waals surface area contributed by atoms with Crippen molar-refractivity contribution in [2.75, 3.05) is 26.3 Å². The summed E-state index contributed by atoms with van der Waals surface area (Å²) in [7, 11) is 0. The van der Waals surface area contributed by atoms with E-state index >= 15 is 0 Å². The Bertz CT molecular complexity index is 386. The number of rotatable bonds is 4. The van der Waals surface area contributed by atoms with Crippen molar-refractivity contribution in [3.8, 4) is 0 Å². The van der Waals surface area contributed by atoms with E-state index in [1.54, 1.807) is 0 Å². The van der Waals surface area contributed by atoms with Gasteiger partial charge in [0.15, 0.2) is 0 Å². The zero-order valence-electron chi connectivity index (χ0n) is 10.8. The van der Waals surface area contributed by atoms with Crippen LogP contribution >= 0.6 is 15.9 Å². The Morgan fingerprint density at radius 1 is 1.50 bits per heavy atom. The van der Waals surface area contributed by atoms with Gasteiger partial charge in [0.1, 0.15) is 0 Å². The minimum atomic E-state index is 0.273. The number of nitrogens with two attached hydrogens (primary N) is 1. The first-order chi connectivity index (χ1) is 8.77. The Balaban J connectivity index is 2.24. The second-order valence-corrected chi connectivity index (χ2v) is 5.50. The molecule has 4 heteroatoms. The van der Waals surface area contributed by atoms with Gasteiger partial charge in [-0.05, 0) is 18.1 Å². The van der Waals surface area contributed by atoms with Gasteiger partial charge < -0.3 is 10.5 Å². The molecule has 1 heterocycles. The van der Waals surface area contributed by atoms with Gasteiger partial charge in [-0.15, -0.1) is 0 Å². The molecule has 1 aliphatic heterocycles. The van der Waals surface area contributed by atoms with E-state index in [2.05, 4.69) is 46.0 Å². The fourth-order valence-corrected chi connectivity index (χ4v) is 3.17. The molecular formula is C14H21BrN2O. The number of halogens is 1. The summed E-state index contributed by atoms with van der Waals surface area (Å²) in [5.41, 5.74) is 7.30. The molecule has 18 heavy (non-hydrogen) atoms. The van der Waals surface area contributed by atoms with E-state index in [1.165, 1.54) is 5.56 Å². The molecule has 1 aromatic rings. The fourth-order valence-electron chi connectivity index (χ4n) is 2.62. The van der Waals surface area contributed by atoms with Crippen LogP contribution in [0.5, 0.6) is 0 Å². The highest BCUT2D eigenvalue weighted by molar-refractivity contribution is 9.10. The lowest BCUT2D eigenvalue weighted by Gasteiger charge is -2.40. The molecule has 1 aliphatic rings. The SMILES string of the molecule is CCC1COCCN1C(CN)c1ccccc1Br. The Morgan fingerprint density at radius 3 is 2.94 bits per heavy atom. The van der Waals surface area contributed by atoms with Crippen LogP contribution < -0.4 is 5.73 Å². The van der Waals surface area contributed by atoms with Gasteiger partial charge in [0, 0.05) is 29.6 Å². The molecule has 0 amide bonds. The first kappa shape index (κ1) is 14.0. The van der Waals surface area contributed by atoms with E-state index in [0.29, 0.717) is 12.6 Å². The summed E-state index contributed by atoms with van der Waals surface area (Å²) in [6.45, 7) is 5.43. The predicted octanol–water partition coefficient (Wildman–Crippen LogP) is 2.56. The molecule has 0 bridgehead atoms. The van der Waals surface area contributed by atoms with Crippen LogP contribution in [-0.4, -0.2) is 37.2 Å². The standard InChI is InChI=1S/C14H21BrN2O/c1-2-11-10-18-8-7-17(11)14(9-16)12-5-3-4-6-13(12)15/h3-6,11,14H,2,7-10,16H2,1H3. The van der Waals surface area contributed by atoms with Gasteiger partial charge in [0.2, 0.25) is 0 Å². The van der Waals surface area contributed by atoms with E-state index in [0.717, 1.165) is 30.7 Å². The van der Waals surface area contributed by atoms with E-state index in [9.17, 15) is 0 Å². The lowest BCUT2D eigenvalue weighted by Crippen LogP contribution is -2.48. The topological polar surface area (TPSA) is 38.5 Å². The largest absolute Gasteiger partial charge is 0.378 e. The van der Waals surface area contributed by atoms with Gasteiger partial charge in [-0.3, -0.25) is 4.90 Å². The molecule has 2 rings (SSSR count). The molecule has 100 valence electrons. The molecule has 2 atom stereocenters. The predicted molar refractivity (Wildman–Crippen MR) is 77.5 cm³/mol. The van der Waals surface area contributed by atoms with Crippen molar-refractivity contribution in [3.05, 3.63) is 34.3 Å². The molecule has 1 fully saturated rings. The maximum atomic E-state index is 6.02. The van der Waals surface area contributed by atoms with Crippen molar-refractivity contribution in [3.63, 3.8) is 0 Å². The molecule has 1 saturated heterocycles. The maximum absolute atomic E-state index is 6.02. The van der Waals surface area contributed by atoms with E-state index in [-0.39, 0.29) is 6.04 Å². The summed E-state index contributed by atoms with van der Waals surface area (Å²) in [6, 6.07) is 9.10. The van der Waals surface area contributed by atoms with Crippen LogP contribution in [0.25, 0.3) is 0 Å². The number of benzene rings is 1. The summed E-state index contributed by atoms with van der Waals surface area (Å²) in [5, 5.41) is 0. The summed E-state index contributed by atoms with van der Waals surface area (Å²) in [4.78, 5) is 2.49. The third-order valence-corrected chi connectivity index (χ3v) is 4.35. The van der Waals surface area contributed by atoms with E-state index in [4.69, 9.17) is 10.5 Å². The van der Waals surface area contributed by atoms with Crippen molar-refractivity contribution >= 4 is 15.9 Å². The summed E-state index contributed by atoms with van der Waals surface area (Å²) < 4.78 is 6.71. The van der Waals surface area contributed by atoms with Gasteiger partial charge in [0.05, 0.1) is 13.2 Å². The highest BCUT2D eigenvalue weighted by Gasteiger charge is 2.29. The zero-order valence-corrected chi connectivity index (χ0v) is 12.4. The van der Waals surface area contributed by atoms with Crippen LogP contribution in [0.1, 0.15) is 24.9 Å². The highest BCUT2D eigenvalue weighted by Crippen LogP contribution is 2.30. The molecule has 2 N–H and O–H groups in total. The van der Waals surface area contributed by atoms with Gasteiger partial charge in [-0.2, -0.15) is 0 Å². The molecule has 0 saturated carbocycles. The Labute approximate surface area is 117 Å². The first-order valence-corrected chi connectivity index (χ1v) is 7.35. The lowest BCUT2D eigenvalue weighted by molar-refractivity contribution is -0.0292. The summed E-state index contributed by atoms with van der Waals surface area (Å²) in [5.74, 6) is 0. The second-order valence-electron chi connectivity index (χ2n) is 4.65. The normalized spacial score (nSPS) is 22.9. The van der Waals surface area contributed by atoms with Crippen LogP contribution in [0, 0.1) is 0 Å². The third-order valence-electron chi connectivity index (χ3n) is 3.63. The van der Waals surface area contributed by atoms with Crippen molar-refractivity contribution < 1.29 is 4.74 Å². The smallest absolute Gasteiger partial charge is 0.0622 e. The number of hydrogen-bond donors (Lipinski definition) is 1. The summed E-state index contributed by atoms with van der Waals surface area (Å²) in [6.07, 6.45) is 1.10. The number of morpholine rings is 1. The number of ether oxygens (including phenoxy) is 1. The van der Waals surface area contributed by atoms with Crippen molar-refractivity contribution in [2.24, 2.45) is 5.73 Å². The number of nitrogens with zero attached hydrogens (tertiary/aromatic N) is 1. The number of hydrogen-bond acceptors (Lipinski definition) is 3. The van der Waals surface area contributed by atoms with Crippen molar-refractivity contribution in [2.45, 2.75) is 25.4 Å². The van der Waals surface area contributed by atoms with Gasteiger partial charge in [-0.25, -0.2) is 0 Å². The third kappa shape index (κ3) is 2.94. The first-order valence-electron chi connectivity index (χ1n) is 6.56. The molecule has 1 aromatic carbocycles. The molecule has 0 spiro atoms. The molecule has 3 nitrogen and oxygen atoms in total. The van der Waals surface area contributed by atoms with Crippen molar-refractivity contribution in [1.82, 2.24) is 4.90 Å². The summed E-state index contributed by atoms with van der Waals surface area (Å²) >= 11 is 3.63. The highest BCUT2D eigenvalue weighted by atomic mass is 79.9. The van der Waals surface area contributed by atoms with Crippen LogP contribution in [0.2, 0.25) is 0 Å². The van der Waals surface area contributed by atoms with Crippen molar-refractivity contribution in [1.29, 1.82) is 0 Å². The molecular weight excluding hydrogens is 292 g/mol. The Morgan fingerprint density at radius 2 is 2.28 bits per heavy atom. The van der Waals surface area contributed by atoms with E-state index in [1.807, 2.05) is 6.07 Å². The maximum Gasteiger partial charge on any atom is 0.0622 e. The fraction of sp³-hybridized carbons (Fsp3) is 0.571. The van der Waals surface area contributed by atoms with Gasteiger partial charge in [0.25, 0.3) is 0 Å².